The monoisotopic (exact) mass is 375 g/mol. The minimum Gasteiger partial charge on any atom is -0.346 e. The lowest BCUT2D eigenvalue weighted by atomic mass is 9.71. The van der Waals surface area contributed by atoms with Crippen LogP contribution in [0.3, 0.4) is 0 Å². The van der Waals surface area contributed by atoms with Crippen LogP contribution in [0.1, 0.15) is 56.8 Å². The number of pyridine rings is 1. The highest BCUT2D eigenvalue weighted by atomic mass is 32.2. The van der Waals surface area contributed by atoms with Gasteiger partial charge in [0.05, 0.1) is 6.04 Å². The molecule has 0 radical (unpaired) electrons. The molecule has 2 aromatic heterocycles. The lowest BCUT2D eigenvalue weighted by molar-refractivity contribution is -0.124. The van der Waals surface area contributed by atoms with Crippen LogP contribution in [0.15, 0.2) is 24.4 Å². The second kappa shape index (κ2) is 8.86. The molecule has 2 heterocycles. The summed E-state index contributed by atoms with van der Waals surface area (Å²) in [6.07, 6.45) is 11.1. The number of fused-ring (bicyclic) bond motifs is 1. The van der Waals surface area contributed by atoms with Crippen molar-refractivity contribution in [3.63, 3.8) is 0 Å². The average molecular weight is 376 g/mol. The van der Waals surface area contributed by atoms with Crippen LogP contribution in [0.25, 0.3) is 5.65 Å². The van der Waals surface area contributed by atoms with Gasteiger partial charge in [-0.3, -0.25) is 9.20 Å². The fraction of sp³-hybridized carbons (Fsp3) is 0.632. The summed E-state index contributed by atoms with van der Waals surface area (Å²) in [6, 6.07) is 5.69. The van der Waals surface area contributed by atoms with Gasteiger partial charge in [-0.05, 0) is 55.4 Å². The van der Waals surface area contributed by atoms with E-state index in [0.29, 0.717) is 13.0 Å². The summed E-state index contributed by atoms with van der Waals surface area (Å²) >= 11 is 1.77. The molecule has 7 heteroatoms. The van der Waals surface area contributed by atoms with E-state index in [1.54, 1.807) is 11.8 Å². The number of nitrogens with zero attached hydrogens (tertiary/aromatic N) is 3. The predicted molar refractivity (Wildman–Crippen MR) is 106 cm³/mol. The zero-order valence-corrected chi connectivity index (χ0v) is 16.3. The van der Waals surface area contributed by atoms with Gasteiger partial charge in [0.2, 0.25) is 5.91 Å². The van der Waals surface area contributed by atoms with Crippen molar-refractivity contribution in [3.05, 3.63) is 30.2 Å². The molecule has 0 bridgehead atoms. The van der Waals surface area contributed by atoms with Gasteiger partial charge in [-0.1, -0.05) is 25.3 Å². The molecule has 1 atom stereocenters. The molecule has 1 amide bonds. The van der Waals surface area contributed by atoms with Gasteiger partial charge < -0.3 is 11.1 Å². The third-order valence-corrected chi connectivity index (χ3v) is 6.12. The van der Waals surface area contributed by atoms with Gasteiger partial charge in [0.1, 0.15) is 0 Å². The molecule has 1 unspecified atom stereocenters. The van der Waals surface area contributed by atoms with Crippen molar-refractivity contribution in [2.24, 2.45) is 11.1 Å². The standard InChI is InChI=1S/C19H29N5OS/c1-26-12-8-15(18-23-22-16-7-3-6-11-24(16)18)21-17(25)13-19(14-20)9-4-2-5-10-19/h3,6-7,11,15H,2,4-5,8-10,12-14,20H2,1H3,(H,21,25). The van der Waals surface area contributed by atoms with Crippen molar-refractivity contribution in [1.82, 2.24) is 19.9 Å². The van der Waals surface area contributed by atoms with Crippen LogP contribution in [-0.4, -0.2) is 39.1 Å². The number of nitrogens with one attached hydrogen (secondary N) is 1. The Hall–Kier alpha value is -1.60. The number of aromatic nitrogens is 3. The molecular formula is C19H29N5OS. The lowest BCUT2D eigenvalue weighted by Gasteiger charge is -2.36. The Morgan fingerprint density at radius 2 is 2.15 bits per heavy atom. The van der Waals surface area contributed by atoms with E-state index in [0.717, 1.165) is 36.5 Å². The van der Waals surface area contributed by atoms with E-state index in [1.807, 2.05) is 28.8 Å². The highest BCUT2D eigenvalue weighted by molar-refractivity contribution is 7.98. The molecule has 3 N–H and O–H groups in total. The van der Waals surface area contributed by atoms with Crippen LogP contribution in [0.4, 0.5) is 0 Å². The van der Waals surface area contributed by atoms with Gasteiger partial charge in [0.25, 0.3) is 0 Å². The number of thioether (sulfide) groups is 1. The SMILES string of the molecule is CSCCC(NC(=O)CC1(CN)CCCCC1)c1nnc2ccccn12. The summed E-state index contributed by atoms with van der Waals surface area (Å²) in [5.41, 5.74) is 6.83. The topological polar surface area (TPSA) is 85.3 Å². The molecule has 0 spiro atoms. The van der Waals surface area contributed by atoms with Gasteiger partial charge in [0, 0.05) is 12.6 Å². The molecule has 26 heavy (non-hydrogen) atoms. The zero-order valence-electron chi connectivity index (χ0n) is 15.5. The van der Waals surface area contributed by atoms with E-state index in [1.165, 1.54) is 19.3 Å². The fourth-order valence-electron chi connectivity index (χ4n) is 3.94. The van der Waals surface area contributed by atoms with Gasteiger partial charge in [-0.15, -0.1) is 10.2 Å². The molecule has 142 valence electrons. The van der Waals surface area contributed by atoms with Crippen molar-refractivity contribution >= 4 is 23.3 Å². The first-order chi connectivity index (χ1) is 12.7. The number of carbonyl (C=O) groups is 1. The average Bonchev–Trinajstić information content (AvgIpc) is 3.10. The van der Waals surface area contributed by atoms with E-state index >= 15 is 0 Å². The Balaban J connectivity index is 1.74. The maximum Gasteiger partial charge on any atom is 0.221 e. The number of carbonyl (C=O) groups excluding carboxylic acids is 1. The molecule has 1 aliphatic rings. The molecule has 3 rings (SSSR count). The second-order valence-corrected chi connectivity index (χ2v) is 8.32. The van der Waals surface area contributed by atoms with E-state index in [-0.39, 0.29) is 17.4 Å². The third-order valence-electron chi connectivity index (χ3n) is 5.48. The number of hydrogen-bond acceptors (Lipinski definition) is 5. The normalized spacial score (nSPS) is 17.9. The Morgan fingerprint density at radius 3 is 2.88 bits per heavy atom. The summed E-state index contributed by atoms with van der Waals surface area (Å²) < 4.78 is 1.96. The zero-order chi connectivity index (χ0) is 18.4. The maximum absolute atomic E-state index is 12.8. The van der Waals surface area contributed by atoms with Crippen LogP contribution in [0.2, 0.25) is 0 Å². The first-order valence-electron chi connectivity index (χ1n) is 9.45. The second-order valence-electron chi connectivity index (χ2n) is 7.33. The van der Waals surface area contributed by atoms with Crippen LogP contribution in [0.5, 0.6) is 0 Å². The quantitative estimate of drug-likeness (QED) is 0.741. The molecule has 1 aliphatic carbocycles. The molecular weight excluding hydrogens is 346 g/mol. The summed E-state index contributed by atoms with van der Waals surface area (Å²) in [7, 11) is 0. The van der Waals surface area contributed by atoms with E-state index in [9.17, 15) is 4.79 Å². The molecule has 0 saturated heterocycles. The number of rotatable bonds is 8. The van der Waals surface area contributed by atoms with E-state index < -0.39 is 0 Å². The first kappa shape index (κ1) is 19.2. The Morgan fingerprint density at radius 1 is 1.35 bits per heavy atom. The summed E-state index contributed by atoms with van der Waals surface area (Å²) in [4.78, 5) is 12.8. The molecule has 1 saturated carbocycles. The predicted octanol–water partition coefficient (Wildman–Crippen LogP) is 2.94. The summed E-state index contributed by atoms with van der Waals surface area (Å²) in [6.45, 7) is 0.587. The van der Waals surface area contributed by atoms with Crippen LogP contribution in [-0.2, 0) is 4.79 Å². The van der Waals surface area contributed by atoms with Gasteiger partial charge >= 0.3 is 0 Å². The van der Waals surface area contributed by atoms with Gasteiger partial charge in [-0.25, -0.2) is 0 Å². The first-order valence-corrected chi connectivity index (χ1v) is 10.8. The van der Waals surface area contributed by atoms with E-state index in [2.05, 4.69) is 21.8 Å². The molecule has 1 fully saturated rings. The highest BCUT2D eigenvalue weighted by Crippen LogP contribution is 2.38. The van der Waals surface area contributed by atoms with Gasteiger partial charge in [-0.2, -0.15) is 11.8 Å². The minimum absolute atomic E-state index is 0.0285. The van der Waals surface area contributed by atoms with Crippen LogP contribution in [0, 0.1) is 5.41 Å². The smallest absolute Gasteiger partial charge is 0.221 e. The minimum atomic E-state index is -0.134. The molecule has 0 aliphatic heterocycles. The van der Waals surface area contributed by atoms with E-state index in [4.69, 9.17) is 5.73 Å². The van der Waals surface area contributed by atoms with Crippen molar-refractivity contribution in [1.29, 1.82) is 0 Å². The Labute approximate surface area is 159 Å². The largest absolute Gasteiger partial charge is 0.346 e. The number of nitrogens with two attached hydrogens (primary N) is 1. The summed E-state index contributed by atoms with van der Waals surface area (Å²) in [5, 5.41) is 11.8. The van der Waals surface area contributed by atoms with Crippen molar-refractivity contribution in [2.75, 3.05) is 18.6 Å². The Kier molecular flexibility index (Phi) is 6.53. The number of amides is 1. The maximum atomic E-state index is 12.8. The van der Waals surface area contributed by atoms with Crippen LogP contribution < -0.4 is 11.1 Å². The lowest BCUT2D eigenvalue weighted by Crippen LogP contribution is -2.40. The van der Waals surface area contributed by atoms with Crippen molar-refractivity contribution in [2.45, 2.75) is 51.0 Å². The molecule has 6 nitrogen and oxygen atoms in total. The fourth-order valence-corrected chi connectivity index (χ4v) is 4.41. The third kappa shape index (κ3) is 4.38. The van der Waals surface area contributed by atoms with Gasteiger partial charge in [0.15, 0.2) is 11.5 Å². The van der Waals surface area contributed by atoms with Crippen LogP contribution >= 0.6 is 11.8 Å². The summed E-state index contributed by atoms with van der Waals surface area (Å²) in [5.74, 6) is 1.83. The van der Waals surface area contributed by atoms with Crippen molar-refractivity contribution in [3.8, 4) is 0 Å². The number of hydrogen-bond donors (Lipinski definition) is 2. The highest BCUT2D eigenvalue weighted by Gasteiger charge is 2.34. The Bertz CT molecular complexity index is 726. The van der Waals surface area contributed by atoms with Crippen molar-refractivity contribution < 1.29 is 4.79 Å². The molecule has 2 aromatic rings. The molecule has 0 aromatic carbocycles.